The van der Waals surface area contributed by atoms with E-state index in [2.05, 4.69) is 16.9 Å². The number of thioether (sulfide) groups is 1. The number of amides is 1. The van der Waals surface area contributed by atoms with Crippen molar-refractivity contribution in [1.82, 2.24) is 10.3 Å². The van der Waals surface area contributed by atoms with Crippen LogP contribution in [0.25, 0.3) is 10.9 Å². The number of hydrogen-bond acceptors (Lipinski definition) is 5. The van der Waals surface area contributed by atoms with Gasteiger partial charge in [0.25, 0.3) is 5.91 Å². The van der Waals surface area contributed by atoms with Crippen LogP contribution >= 0.6 is 11.8 Å². The maximum atomic E-state index is 13.4. The number of aromatic amines is 1. The zero-order valence-corrected chi connectivity index (χ0v) is 20.1. The molecule has 4 rings (SSSR count). The summed E-state index contributed by atoms with van der Waals surface area (Å²) in [7, 11) is -3.61. The van der Waals surface area contributed by atoms with Crippen LogP contribution in [0.15, 0.2) is 76.7 Å². The second-order valence-electron chi connectivity index (χ2n) is 8.43. The number of para-hydroxylation sites is 1. The van der Waals surface area contributed by atoms with Crippen molar-refractivity contribution in [1.29, 1.82) is 0 Å². The molecule has 1 aliphatic rings. The van der Waals surface area contributed by atoms with Gasteiger partial charge in [-0.25, -0.2) is 8.42 Å². The molecule has 0 radical (unpaired) electrons. The van der Waals surface area contributed by atoms with E-state index < -0.39 is 14.6 Å². The molecule has 6 nitrogen and oxygen atoms in total. The minimum atomic E-state index is -3.61. The number of rotatable bonds is 8. The van der Waals surface area contributed by atoms with Gasteiger partial charge in [-0.05, 0) is 49.2 Å². The quantitative estimate of drug-likeness (QED) is 0.320. The molecular weight excluding hydrogens is 454 g/mol. The maximum absolute atomic E-state index is 13.4. The van der Waals surface area contributed by atoms with Gasteiger partial charge in [-0.15, -0.1) is 11.8 Å². The molecule has 0 saturated heterocycles. The summed E-state index contributed by atoms with van der Waals surface area (Å²) >= 11 is 1.56. The van der Waals surface area contributed by atoms with Crippen LogP contribution < -0.4 is 11.1 Å². The standard InChI is InChI=1S/C25H29N3O3S2/c1-18(26)25(13-5-2-6-14-25)33(30,31)21-11-9-20(10-12-21)32-16-15-27-24(29)23-17-19-7-3-4-8-22(19)28-23/h3-4,7-12,17,28H,1-2,5-6,13-16,26H2,(H,27,29). The van der Waals surface area contributed by atoms with E-state index in [1.807, 2.05) is 42.5 Å². The third kappa shape index (κ3) is 4.68. The first kappa shape index (κ1) is 23.4. The molecule has 1 fully saturated rings. The molecule has 0 atom stereocenters. The van der Waals surface area contributed by atoms with Crippen molar-refractivity contribution >= 4 is 38.4 Å². The average molecular weight is 484 g/mol. The number of nitrogens with two attached hydrogens (primary N) is 1. The summed E-state index contributed by atoms with van der Waals surface area (Å²) in [5, 5.41) is 3.92. The Morgan fingerprint density at radius 1 is 1.09 bits per heavy atom. The Balaban J connectivity index is 1.34. The molecular formula is C25H29N3O3S2. The van der Waals surface area contributed by atoms with E-state index in [9.17, 15) is 13.2 Å². The van der Waals surface area contributed by atoms with E-state index in [0.717, 1.165) is 35.1 Å². The van der Waals surface area contributed by atoms with E-state index >= 15 is 0 Å². The summed E-state index contributed by atoms with van der Waals surface area (Å²) in [5.41, 5.74) is 7.72. The number of aromatic nitrogens is 1. The summed E-state index contributed by atoms with van der Waals surface area (Å²) < 4.78 is 25.7. The Morgan fingerprint density at radius 3 is 2.45 bits per heavy atom. The van der Waals surface area contributed by atoms with Gasteiger partial charge in [0.05, 0.1) is 4.90 Å². The van der Waals surface area contributed by atoms with Crippen molar-refractivity contribution in [2.24, 2.45) is 5.73 Å². The van der Waals surface area contributed by atoms with E-state index in [-0.39, 0.29) is 16.5 Å². The van der Waals surface area contributed by atoms with Crippen molar-refractivity contribution < 1.29 is 13.2 Å². The van der Waals surface area contributed by atoms with E-state index in [1.165, 1.54) is 0 Å². The predicted octanol–water partition coefficient (Wildman–Crippen LogP) is 4.64. The molecule has 0 spiro atoms. The van der Waals surface area contributed by atoms with Gasteiger partial charge in [0, 0.05) is 33.8 Å². The zero-order valence-electron chi connectivity index (χ0n) is 18.5. The lowest BCUT2D eigenvalue weighted by Gasteiger charge is -2.36. The molecule has 0 aliphatic heterocycles. The fourth-order valence-corrected chi connectivity index (χ4v) is 7.34. The highest BCUT2D eigenvalue weighted by Gasteiger charge is 2.46. The molecule has 1 heterocycles. The highest BCUT2D eigenvalue weighted by atomic mass is 32.2. The van der Waals surface area contributed by atoms with Crippen LogP contribution in [0.5, 0.6) is 0 Å². The molecule has 1 aromatic heterocycles. The smallest absolute Gasteiger partial charge is 0.267 e. The van der Waals surface area contributed by atoms with Crippen molar-refractivity contribution in [3.63, 3.8) is 0 Å². The molecule has 1 saturated carbocycles. The molecule has 1 aliphatic carbocycles. The highest BCUT2D eigenvalue weighted by Crippen LogP contribution is 2.42. The number of fused-ring (bicyclic) bond motifs is 1. The fraction of sp³-hybridized carbons (Fsp3) is 0.320. The first-order valence-corrected chi connectivity index (χ1v) is 13.6. The number of hydrogen-bond donors (Lipinski definition) is 3. The van der Waals surface area contributed by atoms with Gasteiger partial charge >= 0.3 is 0 Å². The average Bonchev–Trinajstić information content (AvgIpc) is 3.27. The Hall–Kier alpha value is -2.71. The highest BCUT2D eigenvalue weighted by molar-refractivity contribution is 7.99. The van der Waals surface area contributed by atoms with Crippen molar-refractivity contribution in [2.45, 2.75) is 46.6 Å². The Kier molecular flexibility index (Phi) is 6.86. The van der Waals surface area contributed by atoms with Crippen LogP contribution in [-0.4, -0.2) is 36.4 Å². The third-order valence-electron chi connectivity index (χ3n) is 6.33. The predicted molar refractivity (Wildman–Crippen MR) is 134 cm³/mol. The Bertz CT molecular complexity index is 1220. The van der Waals surface area contributed by atoms with Crippen molar-refractivity contribution in [3.8, 4) is 0 Å². The molecule has 0 unspecified atom stereocenters. The van der Waals surface area contributed by atoms with Gasteiger partial charge in [0.15, 0.2) is 9.84 Å². The third-order valence-corrected chi connectivity index (χ3v) is 9.93. The fourth-order valence-electron chi connectivity index (χ4n) is 4.45. The normalized spacial score (nSPS) is 15.9. The number of nitrogens with one attached hydrogen (secondary N) is 2. The molecule has 8 heteroatoms. The number of carbonyl (C=O) groups excluding carboxylic acids is 1. The van der Waals surface area contributed by atoms with Crippen LogP contribution in [0, 0.1) is 0 Å². The first-order valence-electron chi connectivity index (χ1n) is 11.1. The largest absolute Gasteiger partial charge is 0.401 e. The second-order valence-corrected chi connectivity index (χ2v) is 11.9. The van der Waals surface area contributed by atoms with Crippen LogP contribution in [-0.2, 0) is 9.84 Å². The van der Waals surface area contributed by atoms with E-state index in [0.29, 0.717) is 30.8 Å². The molecule has 33 heavy (non-hydrogen) atoms. The number of H-pyrrole nitrogens is 1. The summed E-state index contributed by atoms with van der Waals surface area (Å²) in [6.07, 6.45) is 3.76. The minimum Gasteiger partial charge on any atom is -0.401 e. The van der Waals surface area contributed by atoms with Crippen LogP contribution in [0.3, 0.4) is 0 Å². The molecule has 174 valence electrons. The molecule has 0 bridgehead atoms. The number of benzene rings is 2. The van der Waals surface area contributed by atoms with Gasteiger partial charge in [-0.3, -0.25) is 4.79 Å². The van der Waals surface area contributed by atoms with E-state index in [4.69, 9.17) is 5.73 Å². The second kappa shape index (κ2) is 9.65. The van der Waals surface area contributed by atoms with Gasteiger partial charge < -0.3 is 16.0 Å². The van der Waals surface area contributed by atoms with Crippen LogP contribution in [0.4, 0.5) is 0 Å². The summed E-state index contributed by atoms with van der Waals surface area (Å²) in [6, 6.07) is 16.5. The molecule has 4 N–H and O–H groups in total. The monoisotopic (exact) mass is 483 g/mol. The topological polar surface area (TPSA) is 105 Å². The lowest BCUT2D eigenvalue weighted by Crippen LogP contribution is -2.44. The lowest BCUT2D eigenvalue weighted by molar-refractivity contribution is 0.0952. The lowest BCUT2D eigenvalue weighted by atomic mass is 9.86. The summed E-state index contributed by atoms with van der Waals surface area (Å²) in [4.78, 5) is 16.7. The van der Waals surface area contributed by atoms with E-state index in [1.54, 1.807) is 23.9 Å². The molecule has 1 amide bonds. The molecule has 3 aromatic rings. The number of sulfone groups is 1. The first-order chi connectivity index (χ1) is 15.8. The maximum Gasteiger partial charge on any atom is 0.267 e. The van der Waals surface area contributed by atoms with Gasteiger partial charge in [0.2, 0.25) is 0 Å². The molecule has 2 aromatic carbocycles. The zero-order chi connectivity index (χ0) is 23.5. The van der Waals surface area contributed by atoms with Crippen molar-refractivity contribution in [2.75, 3.05) is 12.3 Å². The summed E-state index contributed by atoms with van der Waals surface area (Å²) in [5.74, 6) is 0.523. The van der Waals surface area contributed by atoms with Crippen LogP contribution in [0.1, 0.15) is 42.6 Å². The Morgan fingerprint density at radius 2 is 1.79 bits per heavy atom. The van der Waals surface area contributed by atoms with Gasteiger partial charge in [-0.1, -0.05) is 44.0 Å². The SMILES string of the molecule is C=C(N)C1(S(=O)(=O)c2ccc(SCCNC(=O)c3cc4ccccc4[nH]3)cc2)CCCCC1. The van der Waals surface area contributed by atoms with Gasteiger partial charge in [-0.2, -0.15) is 0 Å². The van der Waals surface area contributed by atoms with Gasteiger partial charge in [0.1, 0.15) is 10.4 Å². The van der Waals surface area contributed by atoms with Crippen LogP contribution in [0.2, 0.25) is 0 Å². The Labute approximate surface area is 198 Å². The minimum absolute atomic E-state index is 0.145. The number of carbonyl (C=O) groups is 1. The summed E-state index contributed by atoms with van der Waals surface area (Å²) in [6.45, 7) is 4.31. The van der Waals surface area contributed by atoms with Crippen molar-refractivity contribution in [3.05, 3.63) is 72.6 Å².